The fraction of sp³-hybridized carbons (Fsp3) is 0.600. The van der Waals surface area contributed by atoms with E-state index in [1.165, 1.54) is 0 Å². The maximum atomic E-state index is 5.23. The molecule has 6 heteroatoms. The van der Waals surface area contributed by atoms with Crippen LogP contribution in [0.2, 0.25) is 0 Å². The van der Waals surface area contributed by atoms with Crippen LogP contribution in [0.15, 0.2) is 4.52 Å². The summed E-state index contributed by atoms with van der Waals surface area (Å²) in [5.74, 6) is 0.968. The molecule has 0 aliphatic rings. The van der Waals surface area contributed by atoms with Crippen molar-refractivity contribution in [3.05, 3.63) is 11.7 Å². The Hall–Kier alpha value is -0.650. The van der Waals surface area contributed by atoms with E-state index in [4.69, 9.17) is 15.0 Å². The number of rotatable bonds is 3. The lowest BCUT2D eigenvalue weighted by molar-refractivity contribution is 0.151. The largest absolute Gasteiger partial charge is 0.375 e. The van der Waals surface area contributed by atoms with Gasteiger partial charge in [0.05, 0.1) is 6.54 Å². The molecule has 1 rings (SSSR count). The van der Waals surface area contributed by atoms with Gasteiger partial charge in [0.25, 0.3) is 5.89 Å². The minimum absolute atomic E-state index is 0. The molecular weight excluding hydrogens is 170 g/mol. The number of halogens is 1. The topological polar surface area (TPSA) is 74.2 Å². The van der Waals surface area contributed by atoms with Crippen LogP contribution in [0.25, 0.3) is 0 Å². The third-order valence-corrected chi connectivity index (χ3v) is 0.961. The average Bonchev–Trinajstić information content (AvgIpc) is 2.37. The highest BCUT2D eigenvalue weighted by Crippen LogP contribution is 1.96. The Kier molecular flexibility index (Phi) is 4.76. The van der Waals surface area contributed by atoms with E-state index in [-0.39, 0.29) is 12.4 Å². The summed E-state index contributed by atoms with van der Waals surface area (Å²) >= 11 is 0. The van der Waals surface area contributed by atoms with Gasteiger partial charge in [-0.15, -0.1) is 12.4 Å². The lowest BCUT2D eigenvalue weighted by atomic mass is 10.6. The summed E-state index contributed by atoms with van der Waals surface area (Å²) in [5, 5.41) is 3.56. The van der Waals surface area contributed by atoms with Crippen molar-refractivity contribution in [2.75, 3.05) is 7.11 Å². The highest BCUT2D eigenvalue weighted by Gasteiger charge is 2.01. The number of nitrogens with zero attached hydrogens (tertiary/aromatic N) is 2. The number of nitrogens with two attached hydrogens (primary N) is 1. The molecule has 0 atom stereocenters. The molecule has 0 saturated heterocycles. The van der Waals surface area contributed by atoms with Gasteiger partial charge in [-0.2, -0.15) is 4.98 Å². The Bertz CT molecular complexity index is 203. The maximum Gasteiger partial charge on any atom is 0.252 e. The van der Waals surface area contributed by atoms with Gasteiger partial charge in [0.2, 0.25) is 0 Å². The fourth-order valence-corrected chi connectivity index (χ4v) is 0.555. The predicted octanol–water partition coefficient (Wildman–Crippen LogP) is 0.0965. The van der Waals surface area contributed by atoms with E-state index in [1.54, 1.807) is 7.11 Å². The van der Waals surface area contributed by atoms with E-state index in [2.05, 4.69) is 10.1 Å². The van der Waals surface area contributed by atoms with E-state index in [9.17, 15) is 0 Å². The number of hydrogen-bond acceptors (Lipinski definition) is 5. The molecule has 0 aliphatic carbocycles. The summed E-state index contributed by atoms with van der Waals surface area (Å²) in [6, 6.07) is 0. The second kappa shape index (κ2) is 5.06. The third-order valence-electron chi connectivity index (χ3n) is 0.961. The molecule has 0 aromatic carbocycles. The Morgan fingerprint density at radius 1 is 1.64 bits per heavy atom. The van der Waals surface area contributed by atoms with Gasteiger partial charge in [0.1, 0.15) is 6.61 Å². The summed E-state index contributed by atoms with van der Waals surface area (Å²) in [7, 11) is 1.56. The first kappa shape index (κ1) is 10.3. The first-order valence-corrected chi connectivity index (χ1v) is 2.87. The summed E-state index contributed by atoms with van der Waals surface area (Å²) < 4.78 is 9.48. The van der Waals surface area contributed by atoms with Gasteiger partial charge < -0.3 is 15.0 Å². The molecule has 5 nitrogen and oxygen atoms in total. The van der Waals surface area contributed by atoms with Crippen LogP contribution in [0, 0.1) is 0 Å². The van der Waals surface area contributed by atoms with Crippen molar-refractivity contribution in [2.45, 2.75) is 13.2 Å². The molecule has 0 spiro atoms. The van der Waals surface area contributed by atoms with Crippen LogP contribution in [-0.2, 0) is 17.9 Å². The summed E-state index contributed by atoms with van der Waals surface area (Å²) in [6.07, 6.45) is 0. The Morgan fingerprint density at radius 3 is 2.82 bits per heavy atom. The molecule has 0 bridgehead atoms. The van der Waals surface area contributed by atoms with Crippen molar-refractivity contribution < 1.29 is 9.26 Å². The smallest absolute Gasteiger partial charge is 0.252 e. The van der Waals surface area contributed by atoms with Crippen molar-refractivity contribution in [3.8, 4) is 0 Å². The van der Waals surface area contributed by atoms with Gasteiger partial charge in [-0.25, -0.2) is 0 Å². The molecular formula is C5H10ClN3O2. The van der Waals surface area contributed by atoms with Crippen molar-refractivity contribution >= 4 is 12.4 Å². The minimum Gasteiger partial charge on any atom is -0.375 e. The number of ether oxygens (including phenoxy) is 1. The van der Waals surface area contributed by atoms with E-state index in [1.807, 2.05) is 0 Å². The summed E-state index contributed by atoms with van der Waals surface area (Å²) in [4.78, 5) is 3.89. The van der Waals surface area contributed by atoms with Crippen molar-refractivity contribution in [3.63, 3.8) is 0 Å². The highest BCUT2D eigenvalue weighted by atomic mass is 35.5. The second-order valence-corrected chi connectivity index (χ2v) is 1.74. The zero-order valence-corrected chi connectivity index (χ0v) is 6.93. The van der Waals surface area contributed by atoms with E-state index in [0.717, 1.165) is 0 Å². The Labute approximate surface area is 70.3 Å². The highest BCUT2D eigenvalue weighted by molar-refractivity contribution is 5.85. The average molecular weight is 180 g/mol. The quantitative estimate of drug-likeness (QED) is 0.712. The van der Waals surface area contributed by atoms with Crippen molar-refractivity contribution in [1.82, 2.24) is 10.1 Å². The van der Waals surface area contributed by atoms with E-state index >= 15 is 0 Å². The molecule has 2 N–H and O–H groups in total. The van der Waals surface area contributed by atoms with E-state index in [0.29, 0.717) is 24.9 Å². The van der Waals surface area contributed by atoms with Crippen LogP contribution in [0.1, 0.15) is 11.7 Å². The molecule has 11 heavy (non-hydrogen) atoms. The van der Waals surface area contributed by atoms with Crippen LogP contribution in [0.3, 0.4) is 0 Å². The molecule has 0 radical (unpaired) electrons. The van der Waals surface area contributed by atoms with Gasteiger partial charge in [-0.1, -0.05) is 5.16 Å². The minimum atomic E-state index is 0. The lowest BCUT2D eigenvalue weighted by Crippen LogP contribution is -1.98. The van der Waals surface area contributed by atoms with Crippen LogP contribution in [0.5, 0.6) is 0 Å². The van der Waals surface area contributed by atoms with Gasteiger partial charge >= 0.3 is 0 Å². The van der Waals surface area contributed by atoms with Crippen molar-refractivity contribution in [1.29, 1.82) is 0 Å². The molecule has 0 unspecified atom stereocenters. The molecule has 0 saturated carbocycles. The molecule has 1 aromatic heterocycles. The number of hydrogen-bond donors (Lipinski definition) is 1. The van der Waals surface area contributed by atoms with Crippen molar-refractivity contribution in [2.24, 2.45) is 5.73 Å². The van der Waals surface area contributed by atoms with E-state index < -0.39 is 0 Å². The molecule has 1 aromatic rings. The Balaban J connectivity index is 0.000001000. The summed E-state index contributed by atoms with van der Waals surface area (Å²) in [6.45, 7) is 0.639. The molecule has 0 amide bonds. The summed E-state index contributed by atoms with van der Waals surface area (Å²) in [5.41, 5.74) is 5.23. The first-order chi connectivity index (χ1) is 4.86. The molecule has 0 fully saturated rings. The van der Waals surface area contributed by atoms with Crippen LogP contribution in [0.4, 0.5) is 0 Å². The standard InChI is InChI=1S/C5H9N3O2.ClH/c1-9-3-5-7-4(2-6)8-10-5;/h2-3,6H2,1H3;1H. The number of aromatic nitrogens is 2. The normalized spacial score (nSPS) is 9.27. The van der Waals surface area contributed by atoms with Gasteiger partial charge in [-0.3, -0.25) is 0 Å². The SMILES string of the molecule is COCc1nc(CN)no1.Cl. The van der Waals surface area contributed by atoms with Crippen LogP contribution < -0.4 is 5.73 Å². The van der Waals surface area contributed by atoms with Gasteiger partial charge in [-0.05, 0) is 0 Å². The maximum absolute atomic E-state index is 5.23. The predicted molar refractivity (Wildman–Crippen MR) is 40.2 cm³/mol. The van der Waals surface area contributed by atoms with Gasteiger partial charge in [0.15, 0.2) is 5.82 Å². The van der Waals surface area contributed by atoms with Crippen LogP contribution in [-0.4, -0.2) is 17.3 Å². The number of methoxy groups -OCH3 is 1. The van der Waals surface area contributed by atoms with Crippen LogP contribution >= 0.6 is 12.4 Å². The second-order valence-electron chi connectivity index (χ2n) is 1.74. The fourth-order valence-electron chi connectivity index (χ4n) is 0.555. The molecule has 0 aliphatic heterocycles. The zero-order valence-electron chi connectivity index (χ0n) is 6.11. The zero-order chi connectivity index (χ0) is 7.40. The van der Waals surface area contributed by atoms with Gasteiger partial charge in [0, 0.05) is 7.11 Å². The molecule has 1 heterocycles. The monoisotopic (exact) mass is 179 g/mol. The first-order valence-electron chi connectivity index (χ1n) is 2.87. The molecule has 64 valence electrons. The Morgan fingerprint density at radius 2 is 2.36 bits per heavy atom. The lowest BCUT2D eigenvalue weighted by Gasteiger charge is -1.85. The third kappa shape index (κ3) is 2.83.